The van der Waals surface area contributed by atoms with Crippen LogP contribution in [-0.2, 0) is 9.13 Å². The standard InChI is InChI=1S/C3H10O6P2.Na/c1-2-3(10(4,5)6)11(7,8)9;/h3H,2H2,1H3,(H2,4,5,6)(H2,7,8,9);/q;+1/p-1. The van der Waals surface area contributed by atoms with E-state index in [0.29, 0.717) is 0 Å². The summed E-state index contributed by atoms with van der Waals surface area (Å²) < 4.78 is 20.7. The van der Waals surface area contributed by atoms with E-state index in [1.54, 1.807) is 0 Å². The molecule has 2 atom stereocenters. The summed E-state index contributed by atoms with van der Waals surface area (Å²) in [4.78, 5) is 35.4. The number of hydrogen-bond acceptors (Lipinski definition) is 3. The molecule has 0 amide bonds. The first kappa shape index (κ1) is 15.8. The summed E-state index contributed by atoms with van der Waals surface area (Å²) in [5, 5.41) is -1.96. The Hall–Kier alpha value is 1.30. The second kappa shape index (κ2) is 5.25. The molecule has 0 heterocycles. The van der Waals surface area contributed by atoms with Gasteiger partial charge < -0.3 is 24.1 Å². The second-order valence-electron chi connectivity index (χ2n) is 2.04. The van der Waals surface area contributed by atoms with Crippen LogP contribution in [-0.4, -0.2) is 20.1 Å². The van der Waals surface area contributed by atoms with Gasteiger partial charge in [0.2, 0.25) is 0 Å². The molecule has 3 N–H and O–H groups in total. The Labute approximate surface area is 92.0 Å². The van der Waals surface area contributed by atoms with Gasteiger partial charge in [-0.25, -0.2) is 0 Å². The summed E-state index contributed by atoms with van der Waals surface area (Å²) in [7, 11) is -9.63. The molecule has 0 aromatic rings. The smallest absolute Gasteiger partial charge is 0.778 e. The normalized spacial score (nSPS) is 19.1. The molecule has 9 heteroatoms. The van der Waals surface area contributed by atoms with Gasteiger partial charge in [0.1, 0.15) is 13.0 Å². The Bertz CT molecular complexity index is 195. The molecule has 0 radical (unpaired) electrons. The van der Waals surface area contributed by atoms with Gasteiger partial charge in [0.25, 0.3) is 0 Å². The van der Waals surface area contributed by atoms with E-state index in [4.69, 9.17) is 14.7 Å². The van der Waals surface area contributed by atoms with Crippen molar-refractivity contribution in [3.8, 4) is 0 Å². The van der Waals surface area contributed by atoms with E-state index in [9.17, 15) is 14.0 Å². The summed E-state index contributed by atoms with van der Waals surface area (Å²) >= 11 is 0. The van der Waals surface area contributed by atoms with Crippen molar-refractivity contribution in [3.63, 3.8) is 0 Å². The number of hydrogen-bond donors (Lipinski definition) is 3. The second-order valence-corrected chi connectivity index (χ2v) is 6.00. The number of rotatable bonds is 3. The van der Waals surface area contributed by atoms with Crippen molar-refractivity contribution in [1.29, 1.82) is 0 Å². The Balaban J connectivity index is 0. The Morgan fingerprint density at radius 1 is 1.33 bits per heavy atom. The van der Waals surface area contributed by atoms with Crippen LogP contribution in [0.2, 0.25) is 0 Å². The van der Waals surface area contributed by atoms with E-state index in [-0.39, 0.29) is 36.0 Å². The molecule has 0 aliphatic rings. The van der Waals surface area contributed by atoms with Crippen molar-refractivity contribution in [3.05, 3.63) is 0 Å². The first-order valence-electron chi connectivity index (χ1n) is 2.78. The molecule has 2 unspecified atom stereocenters. The van der Waals surface area contributed by atoms with E-state index in [1.165, 1.54) is 6.92 Å². The molecule has 0 saturated heterocycles. The summed E-state index contributed by atoms with van der Waals surface area (Å²) in [6, 6.07) is 0. The zero-order valence-corrected chi connectivity index (χ0v) is 10.5. The fourth-order valence-electron chi connectivity index (χ4n) is 0.659. The van der Waals surface area contributed by atoms with Gasteiger partial charge in [0.15, 0.2) is 0 Å². The quantitative estimate of drug-likeness (QED) is 0.338. The van der Waals surface area contributed by atoms with Gasteiger partial charge in [0.05, 0.1) is 0 Å². The first-order chi connectivity index (χ1) is 4.69. The largest absolute Gasteiger partial charge is 1.00 e. The van der Waals surface area contributed by atoms with Crippen LogP contribution in [0.15, 0.2) is 0 Å². The van der Waals surface area contributed by atoms with Crippen LogP contribution in [0.1, 0.15) is 13.3 Å². The van der Waals surface area contributed by atoms with Crippen molar-refractivity contribution in [2.75, 3.05) is 0 Å². The maximum atomic E-state index is 10.4. The minimum Gasteiger partial charge on any atom is -0.778 e. The minimum absolute atomic E-state index is 0. The van der Waals surface area contributed by atoms with Crippen LogP contribution in [0.25, 0.3) is 0 Å². The van der Waals surface area contributed by atoms with E-state index < -0.39 is 20.6 Å². The maximum absolute atomic E-state index is 10.4. The molecular formula is C3H9NaO6P2. The average Bonchev–Trinajstić information content (AvgIpc) is 1.56. The molecule has 0 aromatic heterocycles. The molecule has 6 nitrogen and oxygen atoms in total. The molecule has 0 spiro atoms. The first-order valence-corrected chi connectivity index (χ1v) is 6.11. The predicted molar refractivity (Wildman–Crippen MR) is 35.9 cm³/mol. The van der Waals surface area contributed by atoms with Crippen molar-refractivity contribution in [2.45, 2.75) is 18.7 Å². The SMILES string of the molecule is CCC(P(=O)([O-])O)P(=O)(O)O.[Na+]. The van der Waals surface area contributed by atoms with Crippen molar-refractivity contribution in [2.24, 2.45) is 0 Å². The van der Waals surface area contributed by atoms with Crippen LogP contribution in [0.5, 0.6) is 0 Å². The van der Waals surface area contributed by atoms with E-state index in [2.05, 4.69) is 0 Å². The molecule has 0 aromatic carbocycles. The topological polar surface area (TPSA) is 118 Å². The van der Waals surface area contributed by atoms with Gasteiger partial charge in [-0.05, 0) is 6.42 Å². The Kier molecular flexibility index (Phi) is 6.89. The molecule has 0 saturated carbocycles. The summed E-state index contributed by atoms with van der Waals surface area (Å²) in [5.74, 6) is 0. The maximum Gasteiger partial charge on any atom is 1.00 e. The summed E-state index contributed by atoms with van der Waals surface area (Å²) in [5.41, 5.74) is 0. The molecule has 68 valence electrons. The van der Waals surface area contributed by atoms with Crippen LogP contribution < -0.4 is 34.5 Å². The van der Waals surface area contributed by atoms with Crippen molar-refractivity contribution >= 4 is 15.2 Å². The van der Waals surface area contributed by atoms with Crippen LogP contribution >= 0.6 is 15.2 Å². The van der Waals surface area contributed by atoms with Crippen molar-refractivity contribution < 1.29 is 58.3 Å². The molecule has 0 fully saturated rings. The van der Waals surface area contributed by atoms with E-state index in [0.717, 1.165) is 0 Å². The summed E-state index contributed by atoms with van der Waals surface area (Å²) in [6.45, 7) is 1.27. The zero-order chi connectivity index (χ0) is 9.28. The van der Waals surface area contributed by atoms with Gasteiger partial charge in [-0.3, -0.25) is 4.57 Å². The van der Waals surface area contributed by atoms with Gasteiger partial charge >= 0.3 is 37.2 Å². The Morgan fingerprint density at radius 2 is 1.67 bits per heavy atom. The molecular weight excluding hydrogens is 217 g/mol. The van der Waals surface area contributed by atoms with Crippen LogP contribution in [0.3, 0.4) is 0 Å². The van der Waals surface area contributed by atoms with Crippen molar-refractivity contribution in [1.82, 2.24) is 0 Å². The average molecular weight is 226 g/mol. The van der Waals surface area contributed by atoms with Crippen LogP contribution in [0.4, 0.5) is 0 Å². The third-order valence-corrected chi connectivity index (χ3v) is 5.17. The Morgan fingerprint density at radius 3 is 1.67 bits per heavy atom. The van der Waals surface area contributed by atoms with E-state index in [1.807, 2.05) is 0 Å². The predicted octanol–water partition coefficient (Wildman–Crippen LogP) is -3.55. The fraction of sp³-hybridized carbons (Fsp3) is 1.00. The molecule has 0 bridgehead atoms. The molecule has 0 aliphatic carbocycles. The third-order valence-electron chi connectivity index (χ3n) is 1.13. The zero-order valence-electron chi connectivity index (χ0n) is 6.75. The molecule has 0 aliphatic heterocycles. The van der Waals surface area contributed by atoms with Gasteiger partial charge in [-0.2, -0.15) is 0 Å². The van der Waals surface area contributed by atoms with Gasteiger partial charge in [-0.1, -0.05) is 6.92 Å². The minimum atomic E-state index is -4.91. The van der Waals surface area contributed by atoms with Gasteiger partial charge in [0, 0.05) is 0 Å². The monoisotopic (exact) mass is 226 g/mol. The summed E-state index contributed by atoms with van der Waals surface area (Å²) in [6.07, 6.45) is -0.304. The molecule has 0 rings (SSSR count). The third kappa shape index (κ3) is 5.12. The van der Waals surface area contributed by atoms with Crippen LogP contribution in [0, 0.1) is 0 Å². The van der Waals surface area contributed by atoms with E-state index >= 15 is 0 Å². The fourth-order valence-corrected chi connectivity index (χ4v) is 3.12. The van der Waals surface area contributed by atoms with Gasteiger partial charge in [-0.15, -0.1) is 0 Å². The molecule has 12 heavy (non-hydrogen) atoms.